The van der Waals surface area contributed by atoms with Gasteiger partial charge >= 0.3 is 0 Å². The number of rotatable bonds is 5. The van der Waals surface area contributed by atoms with Gasteiger partial charge in [0.1, 0.15) is 7.19 Å². The molecule has 0 atom stereocenters. The van der Waals surface area contributed by atoms with Crippen LogP contribution in [0.1, 0.15) is 17.4 Å². The van der Waals surface area contributed by atoms with Crippen LogP contribution in [0.3, 0.4) is 0 Å². The van der Waals surface area contributed by atoms with Crippen molar-refractivity contribution in [1.29, 1.82) is 0 Å². The molecule has 3 aromatic rings. The molecule has 1 saturated heterocycles. The van der Waals surface area contributed by atoms with Gasteiger partial charge in [-0.05, 0) is 18.1 Å². The van der Waals surface area contributed by atoms with Crippen LogP contribution >= 0.6 is 0 Å². The molecular weight excluding hydrogens is 362 g/mol. The number of nitrogen functional groups attached to an aromatic ring is 1. The summed E-state index contributed by atoms with van der Waals surface area (Å²) >= 11 is 0. The third kappa shape index (κ3) is 3.15. The maximum absolute atomic E-state index is 12.7. The largest absolute Gasteiger partial charge is 0.493 e. The minimum absolute atomic E-state index is 0.00611. The van der Waals surface area contributed by atoms with Gasteiger partial charge in [0, 0.05) is 37.6 Å². The number of piperazine rings is 1. The lowest BCUT2D eigenvalue weighted by molar-refractivity contribution is 0.0714. The van der Waals surface area contributed by atoms with Crippen LogP contribution in [0.4, 0.5) is 11.8 Å². The van der Waals surface area contributed by atoms with E-state index in [1.165, 1.54) is 19.1 Å². The van der Waals surface area contributed by atoms with Gasteiger partial charge in [0.05, 0.1) is 31.5 Å². The van der Waals surface area contributed by atoms with Gasteiger partial charge in [0.25, 0.3) is 5.91 Å². The molecule has 1 aliphatic rings. The Morgan fingerprint density at radius 2 is 1.96 bits per heavy atom. The molecule has 2 N–H and O–H groups in total. The predicted molar refractivity (Wildman–Crippen MR) is 104 cm³/mol. The number of hydrogen-bond acceptors (Lipinski definition) is 8. The topological polar surface area (TPSA) is 107 Å². The van der Waals surface area contributed by atoms with E-state index in [0.717, 1.165) is 0 Å². The number of methoxy groups -OCH3 is 2. The number of carbonyl (C=O) groups is 1. The first kappa shape index (κ1) is 11.4. The lowest BCUT2D eigenvalue weighted by atomic mass is 10.2. The number of aromatic nitrogens is 2. The van der Waals surface area contributed by atoms with Crippen LogP contribution in [0.15, 0.2) is 34.8 Å². The van der Waals surface area contributed by atoms with Crippen molar-refractivity contribution in [3.05, 3.63) is 36.2 Å². The molecule has 28 heavy (non-hydrogen) atoms. The quantitative estimate of drug-likeness (QED) is 0.703. The summed E-state index contributed by atoms with van der Waals surface area (Å²) in [7, 11) is 2.65. The highest BCUT2D eigenvalue weighted by Gasteiger charge is 2.25. The van der Waals surface area contributed by atoms with E-state index < -0.39 is 24.2 Å². The van der Waals surface area contributed by atoms with Crippen LogP contribution in [-0.4, -0.2) is 61.2 Å². The Hall–Kier alpha value is -3.49. The van der Waals surface area contributed by atoms with E-state index in [4.69, 9.17) is 23.6 Å². The maximum Gasteiger partial charge on any atom is 0.289 e. The highest BCUT2D eigenvalue weighted by Crippen LogP contribution is 2.34. The van der Waals surface area contributed by atoms with E-state index in [1.807, 2.05) is 0 Å². The monoisotopic (exact) mass is 390 g/mol. The second kappa shape index (κ2) is 7.26. The molecule has 1 aromatic carbocycles. The van der Waals surface area contributed by atoms with Crippen LogP contribution < -0.4 is 20.1 Å². The molecule has 146 valence electrons. The number of hydrogen-bond donors (Lipinski definition) is 1. The Bertz CT molecular complexity index is 1310. The molecular formula is C19H21N5O4. The fourth-order valence-electron chi connectivity index (χ4n) is 2.94. The first-order valence-corrected chi connectivity index (χ1v) is 8.42. The Morgan fingerprint density at radius 3 is 2.61 bits per heavy atom. The van der Waals surface area contributed by atoms with Crippen molar-refractivity contribution >= 4 is 28.6 Å². The summed E-state index contributed by atoms with van der Waals surface area (Å²) in [4.78, 5) is 24.5. The summed E-state index contributed by atoms with van der Waals surface area (Å²) in [5.74, 6) is -1.12. The molecule has 1 fully saturated rings. The van der Waals surface area contributed by atoms with Crippen LogP contribution in [0.5, 0.6) is 11.5 Å². The van der Waals surface area contributed by atoms with Crippen LogP contribution in [-0.2, 0) is 0 Å². The van der Waals surface area contributed by atoms with E-state index in [9.17, 15) is 4.79 Å². The smallest absolute Gasteiger partial charge is 0.289 e. The summed E-state index contributed by atoms with van der Waals surface area (Å²) in [5.41, 5.74) is 0.247. The minimum atomic E-state index is -0.602. The molecule has 9 nitrogen and oxygen atoms in total. The normalized spacial score (nSPS) is 17.7. The number of furan rings is 1. The highest BCUT2D eigenvalue weighted by atomic mass is 16.5. The van der Waals surface area contributed by atoms with Crippen molar-refractivity contribution in [1.82, 2.24) is 14.9 Å². The molecule has 4 rings (SSSR count). The van der Waals surface area contributed by atoms with Gasteiger partial charge < -0.3 is 29.4 Å². The zero-order chi connectivity index (χ0) is 25.6. The van der Waals surface area contributed by atoms with Crippen LogP contribution in [0.2, 0.25) is 2.82 Å². The van der Waals surface area contributed by atoms with E-state index in [2.05, 4.69) is 9.97 Å². The molecule has 1 amide bonds. The lowest BCUT2D eigenvalue weighted by Gasteiger charge is -2.34. The van der Waals surface area contributed by atoms with Crippen molar-refractivity contribution in [2.24, 2.45) is 0 Å². The lowest BCUT2D eigenvalue weighted by Crippen LogP contribution is -2.49. The zero-order valence-corrected chi connectivity index (χ0v) is 15.2. The van der Waals surface area contributed by atoms with E-state index in [-0.39, 0.29) is 83.9 Å². The highest BCUT2D eigenvalue weighted by molar-refractivity contribution is 5.92. The minimum Gasteiger partial charge on any atom is -0.493 e. The van der Waals surface area contributed by atoms with Gasteiger partial charge in [-0.3, -0.25) is 4.79 Å². The van der Waals surface area contributed by atoms with Crippen molar-refractivity contribution in [3.63, 3.8) is 0 Å². The Morgan fingerprint density at radius 1 is 1.21 bits per heavy atom. The van der Waals surface area contributed by atoms with Gasteiger partial charge in [-0.1, -0.05) is 0 Å². The van der Waals surface area contributed by atoms with Crippen molar-refractivity contribution < 1.29 is 28.4 Å². The van der Waals surface area contributed by atoms with Gasteiger partial charge in [-0.25, -0.2) is 4.98 Å². The molecule has 0 bridgehead atoms. The summed E-state index contributed by atoms with van der Waals surface area (Å²) < 4.78 is 70.8. The van der Waals surface area contributed by atoms with Gasteiger partial charge in [-0.2, -0.15) is 4.98 Å². The van der Waals surface area contributed by atoms with Crippen molar-refractivity contribution in [2.45, 2.75) is 0 Å². The summed E-state index contributed by atoms with van der Waals surface area (Å²) in [6.45, 7) is 0.865. The van der Waals surface area contributed by atoms with Gasteiger partial charge in [0.15, 0.2) is 20.1 Å². The predicted octanol–water partition coefficient (Wildman–Crippen LogP) is 1.78. The SMILES string of the molecule is [2H]c1oc(C(=O)N2CCN(c3nc(N([2H])[2H])c4c([2H])c(OC)c(OC)c([2H])c4n3)CC2)c([2H])c1[2H]. The molecule has 0 aliphatic carbocycles. The summed E-state index contributed by atoms with van der Waals surface area (Å²) in [5, 5.41) is -0.00611. The number of fused-ring (bicyclic) bond motifs is 1. The molecule has 3 heterocycles. The maximum atomic E-state index is 12.7. The average Bonchev–Trinajstić information content (AvgIpc) is 3.11. The Labute approximate surface area is 171 Å². The summed E-state index contributed by atoms with van der Waals surface area (Å²) in [6.07, 6.45) is -0.545. The Balaban J connectivity index is 1.68. The molecule has 0 unspecified atom stereocenters. The van der Waals surface area contributed by atoms with Gasteiger partial charge in [-0.15, -0.1) is 0 Å². The number of nitrogens with zero attached hydrogens (tertiary/aromatic N) is 4. The van der Waals surface area contributed by atoms with E-state index >= 15 is 0 Å². The van der Waals surface area contributed by atoms with Crippen molar-refractivity contribution in [3.8, 4) is 11.5 Å². The fraction of sp³-hybridized carbons (Fsp3) is 0.316. The second-order valence-corrected chi connectivity index (χ2v) is 5.95. The third-order valence-corrected chi connectivity index (χ3v) is 4.39. The summed E-state index contributed by atoms with van der Waals surface area (Å²) in [6, 6.07) is -1.29. The fourth-order valence-corrected chi connectivity index (χ4v) is 2.94. The van der Waals surface area contributed by atoms with Gasteiger partial charge in [0.2, 0.25) is 5.95 Å². The van der Waals surface area contributed by atoms with E-state index in [0.29, 0.717) is 0 Å². The zero-order valence-electron chi connectivity index (χ0n) is 22.2. The number of carbonyl (C=O) groups excluding carboxylic acids is 1. The third-order valence-electron chi connectivity index (χ3n) is 4.39. The van der Waals surface area contributed by atoms with Crippen LogP contribution in [0, 0.1) is 0 Å². The number of amides is 1. The molecule has 2 aromatic heterocycles. The number of benzene rings is 1. The number of anilines is 2. The molecule has 1 aliphatic heterocycles. The van der Waals surface area contributed by atoms with Crippen molar-refractivity contribution in [2.75, 3.05) is 51.0 Å². The van der Waals surface area contributed by atoms with E-state index in [1.54, 1.807) is 4.90 Å². The molecule has 0 saturated carbocycles. The number of ether oxygens (including phenoxy) is 2. The standard InChI is InChI=1S/C19H21N5O4/c1-26-15-10-12-13(11-16(15)27-2)21-19(22-17(12)20)24-7-5-23(6-8-24)18(25)14-4-3-9-28-14/h3-4,9-11H,5-8H2,1-2H3,(H2,20,21,22)/i3D,4D,9D,10D,11D/hD2. The first-order valence-electron chi connectivity index (χ1n) is 11.8. The molecule has 9 heteroatoms. The molecule has 0 radical (unpaired) electrons. The Kier molecular flexibility index (Phi) is 2.95. The second-order valence-electron chi connectivity index (χ2n) is 5.95. The van der Waals surface area contributed by atoms with Crippen LogP contribution in [0.25, 0.3) is 10.9 Å². The first-order chi connectivity index (χ1) is 16.6. The average molecular weight is 390 g/mol. The number of nitrogens with two attached hydrogens (primary N) is 1. The molecule has 0 spiro atoms.